The number of nitrogens with two attached hydrogens (primary N) is 1. The first kappa shape index (κ1) is 18.9. The third-order valence-corrected chi connectivity index (χ3v) is 4.40. The maximum atomic E-state index is 11.9. The third-order valence-electron chi connectivity index (χ3n) is 4.40. The fourth-order valence-corrected chi connectivity index (χ4v) is 2.87. The normalized spacial score (nSPS) is 18.5. The molecule has 0 spiro atoms. The first-order valence-electron chi connectivity index (χ1n) is 8.58. The number of hydrogen-bond donors (Lipinski definition) is 2. The molecule has 2 amide bonds. The molecule has 0 saturated carbocycles. The maximum absolute atomic E-state index is 11.9. The van der Waals surface area contributed by atoms with E-state index in [0.29, 0.717) is 19.4 Å². The molecule has 0 bridgehead atoms. The van der Waals surface area contributed by atoms with Crippen LogP contribution in [-0.4, -0.2) is 42.9 Å². The van der Waals surface area contributed by atoms with Crippen molar-refractivity contribution >= 4 is 11.8 Å². The van der Waals surface area contributed by atoms with Crippen LogP contribution in [0, 0.1) is 11.3 Å². The van der Waals surface area contributed by atoms with Crippen molar-refractivity contribution in [2.45, 2.75) is 59.3 Å². The summed E-state index contributed by atoms with van der Waals surface area (Å²) in [5, 5.41) is 3.00. The Balaban J connectivity index is 2.28. The molecule has 22 heavy (non-hydrogen) atoms. The number of nitrogens with zero attached hydrogens (tertiary/aromatic N) is 1. The minimum absolute atomic E-state index is 0.0111. The number of nitrogens with one attached hydrogen (secondary N) is 1. The number of carbonyl (C=O) groups is 2. The van der Waals surface area contributed by atoms with Gasteiger partial charge in [0.05, 0.1) is 0 Å². The molecule has 0 aromatic carbocycles. The van der Waals surface area contributed by atoms with Crippen molar-refractivity contribution in [2.75, 3.05) is 26.2 Å². The van der Waals surface area contributed by atoms with Gasteiger partial charge in [-0.25, -0.2) is 0 Å². The molecule has 5 heteroatoms. The zero-order chi connectivity index (χ0) is 16.6. The Hall–Kier alpha value is -1.10. The summed E-state index contributed by atoms with van der Waals surface area (Å²) in [7, 11) is 0. The third kappa shape index (κ3) is 7.78. The van der Waals surface area contributed by atoms with E-state index >= 15 is 0 Å². The summed E-state index contributed by atoms with van der Waals surface area (Å²) in [6.07, 6.45) is 6.13. The molecule has 3 N–H and O–H groups in total. The van der Waals surface area contributed by atoms with Crippen molar-refractivity contribution < 1.29 is 9.59 Å². The Morgan fingerprint density at radius 1 is 1.18 bits per heavy atom. The van der Waals surface area contributed by atoms with Gasteiger partial charge >= 0.3 is 0 Å². The second kappa shape index (κ2) is 9.13. The fraction of sp³-hybridized carbons (Fsp3) is 0.882. The van der Waals surface area contributed by atoms with Gasteiger partial charge in [-0.3, -0.25) is 9.59 Å². The van der Waals surface area contributed by atoms with Crippen LogP contribution in [0.25, 0.3) is 0 Å². The molecular weight excluding hydrogens is 278 g/mol. The van der Waals surface area contributed by atoms with Crippen molar-refractivity contribution in [3.63, 3.8) is 0 Å². The van der Waals surface area contributed by atoms with E-state index < -0.39 is 0 Å². The van der Waals surface area contributed by atoms with Crippen LogP contribution in [0.2, 0.25) is 0 Å². The predicted octanol–water partition coefficient (Wildman–Crippen LogP) is 1.91. The summed E-state index contributed by atoms with van der Waals surface area (Å²) in [4.78, 5) is 25.4. The second-order valence-corrected chi connectivity index (χ2v) is 7.47. The number of hydrogen-bond acceptors (Lipinski definition) is 3. The highest BCUT2D eigenvalue weighted by Gasteiger charge is 2.23. The molecule has 1 atom stereocenters. The van der Waals surface area contributed by atoms with Gasteiger partial charge in [0, 0.05) is 25.4 Å². The minimum Gasteiger partial charge on any atom is -0.369 e. The van der Waals surface area contributed by atoms with Crippen molar-refractivity contribution in [1.29, 1.82) is 0 Å². The SMILES string of the molecule is C[C@@H](CCC(=O)NCC(C)(C)CN1CCCCCC1)C(N)=O. The molecule has 0 aromatic rings. The van der Waals surface area contributed by atoms with E-state index in [1.165, 1.54) is 38.8 Å². The highest BCUT2D eigenvalue weighted by molar-refractivity contribution is 5.79. The van der Waals surface area contributed by atoms with E-state index in [1.54, 1.807) is 6.92 Å². The maximum Gasteiger partial charge on any atom is 0.220 e. The van der Waals surface area contributed by atoms with Gasteiger partial charge in [0.1, 0.15) is 0 Å². The lowest BCUT2D eigenvalue weighted by Crippen LogP contribution is -2.42. The summed E-state index contributed by atoms with van der Waals surface area (Å²) >= 11 is 0. The molecule has 5 nitrogen and oxygen atoms in total. The van der Waals surface area contributed by atoms with Crippen molar-refractivity contribution in [1.82, 2.24) is 10.2 Å². The topological polar surface area (TPSA) is 75.4 Å². The number of rotatable bonds is 8. The van der Waals surface area contributed by atoms with Crippen LogP contribution < -0.4 is 11.1 Å². The monoisotopic (exact) mass is 311 g/mol. The lowest BCUT2D eigenvalue weighted by molar-refractivity contribution is -0.123. The van der Waals surface area contributed by atoms with Crippen molar-refractivity contribution in [3.05, 3.63) is 0 Å². The molecule has 0 aromatic heterocycles. The molecule has 1 rings (SSSR count). The van der Waals surface area contributed by atoms with Crippen LogP contribution in [0.15, 0.2) is 0 Å². The van der Waals surface area contributed by atoms with Gasteiger partial charge in [0.15, 0.2) is 0 Å². The van der Waals surface area contributed by atoms with Crippen LogP contribution in [0.4, 0.5) is 0 Å². The number of carbonyl (C=O) groups excluding carboxylic acids is 2. The summed E-state index contributed by atoms with van der Waals surface area (Å²) in [6.45, 7) is 10.2. The van der Waals surface area contributed by atoms with E-state index in [-0.39, 0.29) is 23.1 Å². The van der Waals surface area contributed by atoms with E-state index in [4.69, 9.17) is 5.73 Å². The summed E-state index contributed by atoms with van der Waals surface area (Å²) in [6, 6.07) is 0. The van der Waals surface area contributed by atoms with E-state index in [9.17, 15) is 9.59 Å². The molecule has 0 radical (unpaired) electrons. The average Bonchev–Trinajstić information content (AvgIpc) is 2.70. The molecular formula is C17H33N3O2. The first-order valence-corrected chi connectivity index (χ1v) is 8.58. The number of amides is 2. The van der Waals surface area contributed by atoms with Crippen LogP contribution in [-0.2, 0) is 9.59 Å². The van der Waals surface area contributed by atoms with E-state index in [0.717, 1.165) is 6.54 Å². The summed E-state index contributed by atoms with van der Waals surface area (Å²) in [5.41, 5.74) is 5.27. The smallest absolute Gasteiger partial charge is 0.220 e. The largest absolute Gasteiger partial charge is 0.369 e. The number of likely N-dealkylation sites (tertiary alicyclic amines) is 1. The van der Waals surface area contributed by atoms with Gasteiger partial charge in [-0.1, -0.05) is 33.6 Å². The van der Waals surface area contributed by atoms with Crippen molar-refractivity contribution in [2.24, 2.45) is 17.1 Å². The highest BCUT2D eigenvalue weighted by Crippen LogP contribution is 2.19. The van der Waals surface area contributed by atoms with Crippen LogP contribution in [0.3, 0.4) is 0 Å². The zero-order valence-electron chi connectivity index (χ0n) is 14.5. The standard InChI is InChI=1S/C17H33N3O2/c1-14(16(18)22)8-9-15(21)19-12-17(2,3)13-20-10-6-4-5-7-11-20/h14H,4-13H2,1-3H3,(H2,18,22)(H,19,21)/t14-/m0/s1. The molecule has 0 aliphatic carbocycles. The molecule has 1 fully saturated rings. The highest BCUT2D eigenvalue weighted by atomic mass is 16.2. The minimum atomic E-state index is -0.339. The molecule has 1 saturated heterocycles. The van der Waals surface area contributed by atoms with E-state index in [1.807, 2.05) is 0 Å². The van der Waals surface area contributed by atoms with Crippen LogP contribution in [0.5, 0.6) is 0 Å². The van der Waals surface area contributed by atoms with Gasteiger partial charge in [-0.15, -0.1) is 0 Å². The van der Waals surface area contributed by atoms with Crippen molar-refractivity contribution in [3.8, 4) is 0 Å². The molecule has 0 unspecified atom stereocenters. The van der Waals surface area contributed by atoms with Gasteiger partial charge in [0.2, 0.25) is 11.8 Å². The van der Waals surface area contributed by atoms with Gasteiger partial charge in [-0.05, 0) is 37.8 Å². The molecule has 1 heterocycles. The first-order chi connectivity index (χ1) is 10.3. The quantitative estimate of drug-likeness (QED) is 0.719. The zero-order valence-corrected chi connectivity index (χ0v) is 14.5. The Kier molecular flexibility index (Phi) is 7.87. The Morgan fingerprint density at radius 2 is 1.77 bits per heavy atom. The lowest BCUT2D eigenvalue weighted by Gasteiger charge is -2.32. The Labute approximate surface area is 135 Å². The molecule has 128 valence electrons. The summed E-state index contributed by atoms with van der Waals surface area (Å²) < 4.78 is 0. The molecule has 1 aliphatic rings. The second-order valence-electron chi connectivity index (χ2n) is 7.47. The lowest BCUT2D eigenvalue weighted by atomic mass is 9.92. The number of primary amides is 1. The molecule has 1 aliphatic heterocycles. The van der Waals surface area contributed by atoms with Crippen LogP contribution >= 0.6 is 0 Å². The van der Waals surface area contributed by atoms with Gasteiger partial charge in [-0.2, -0.15) is 0 Å². The van der Waals surface area contributed by atoms with Gasteiger partial charge in [0.25, 0.3) is 0 Å². The Bertz CT molecular complexity index is 361. The average molecular weight is 311 g/mol. The van der Waals surface area contributed by atoms with E-state index in [2.05, 4.69) is 24.1 Å². The van der Waals surface area contributed by atoms with Gasteiger partial charge < -0.3 is 16.0 Å². The summed E-state index contributed by atoms with van der Waals surface area (Å²) in [5.74, 6) is -0.567. The van der Waals surface area contributed by atoms with Crippen LogP contribution in [0.1, 0.15) is 59.3 Å². The predicted molar refractivity (Wildman–Crippen MR) is 89.3 cm³/mol. The fourth-order valence-electron chi connectivity index (χ4n) is 2.87. The Morgan fingerprint density at radius 3 is 2.32 bits per heavy atom.